The Balaban J connectivity index is 0.000000302. The van der Waals surface area contributed by atoms with E-state index in [1.54, 1.807) is 13.8 Å². The van der Waals surface area contributed by atoms with Gasteiger partial charge >= 0.3 is 106 Å². The normalized spacial score (nSPS) is 12.6. The van der Waals surface area contributed by atoms with Crippen molar-refractivity contribution >= 4 is 31.1 Å². The summed E-state index contributed by atoms with van der Waals surface area (Å²) in [5, 5.41) is 19.5. The molecule has 0 spiro atoms. The van der Waals surface area contributed by atoms with Gasteiger partial charge in [0.2, 0.25) is 0 Å². The molecule has 1 fully saturated rings. The number of benzene rings is 1. The van der Waals surface area contributed by atoms with Crippen molar-refractivity contribution < 1.29 is 9.23 Å². The van der Waals surface area contributed by atoms with Gasteiger partial charge in [-0.2, -0.15) is 0 Å². The molecule has 3 rings (SSSR count). The molecule has 4 N–H and O–H groups in total. The first kappa shape index (κ1) is 26.1. The number of aromatic nitrogens is 1. The fourth-order valence-corrected chi connectivity index (χ4v) is 2.55. The summed E-state index contributed by atoms with van der Waals surface area (Å²) < 4.78 is 4.76. The van der Waals surface area contributed by atoms with Crippen LogP contribution in [-0.2, 0) is 6.42 Å². The van der Waals surface area contributed by atoms with Gasteiger partial charge in [0.25, 0.3) is 0 Å². The van der Waals surface area contributed by atoms with Gasteiger partial charge in [0.1, 0.15) is 0 Å². The number of allylic oxidation sites excluding steroid dienone is 1. The van der Waals surface area contributed by atoms with E-state index in [0.717, 1.165) is 55.8 Å². The van der Waals surface area contributed by atoms with Crippen molar-refractivity contribution in [2.24, 2.45) is 4.99 Å². The third-order valence-electron chi connectivity index (χ3n) is 4.27. The van der Waals surface area contributed by atoms with E-state index in [4.69, 9.17) is 9.85 Å². The van der Waals surface area contributed by atoms with E-state index in [1.807, 2.05) is 19.1 Å². The number of rotatable bonds is 5. The first-order chi connectivity index (χ1) is 14.9. The van der Waals surface area contributed by atoms with Gasteiger partial charge in [-0.05, 0) is 6.92 Å². The van der Waals surface area contributed by atoms with Gasteiger partial charge in [0.15, 0.2) is 0 Å². The molecular weight excluding hydrogens is 391 g/mol. The maximum absolute atomic E-state index is 12.0. The molecule has 1 aliphatic heterocycles. The molecule has 1 aromatic carbocycles. The fraction of sp³-hybridized carbons (Fsp3) is 0.409. The van der Waals surface area contributed by atoms with E-state index in [0.29, 0.717) is 11.2 Å². The van der Waals surface area contributed by atoms with Crippen LogP contribution < -0.4 is 16.0 Å². The van der Waals surface area contributed by atoms with Crippen LogP contribution in [0.25, 0.3) is 0 Å². The summed E-state index contributed by atoms with van der Waals surface area (Å²) in [4.78, 5) is 15.7. The number of hydrogen-bond acceptors (Lipinski definition) is 7. The summed E-state index contributed by atoms with van der Waals surface area (Å²) in [5.41, 5.74) is 4.91. The van der Waals surface area contributed by atoms with Crippen molar-refractivity contribution in [3.63, 3.8) is 0 Å². The van der Waals surface area contributed by atoms with Gasteiger partial charge in [-0.1, -0.05) is 6.58 Å². The predicted octanol–water partition coefficient (Wildman–Crippen LogP) is 2.86. The zero-order valence-corrected chi connectivity index (χ0v) is 18.9. The molecule has 2 aromatic rings. The summed E-state index contributed by atoms with van der Waals surface area (Å²) in [5.74, 6) is -0.193. The van der Waals surface area contributed by atoms with Crippen LogP contribution in [0.15, 0.2) is 39.9 Å². The molecule has 0 bridgehead atoms. The summed E-state index contributed by atoms with van der Waals surface area (Å²) in [6.07, 6.45) is 3.50. The van der Waals surface area contributed by atoms with E-state index < -0.39 is 0 Å². The van der Waals surface area contributed by atoms with Gasteiger partial charge in [0, 0.05) is 44.3 Å². The minimum absolute atomic E-state index is 0.193. The van der Waals surface area contributed by atoms with Crippen molar-refractivity contribution in [2.75, 3.05) is 31.5 Å². The minimum atomic E-state index is -0.193. The molecule has 0 aliphatic carbocycles. The number of amides is 1. The van der Waals surface area contributed by atoms with E-state index in [-0.39, 0.29) is 5.91 Å². The quantitative estimate of drug-likeness (QED) is 0.551. The van der Waals surface area contributed by atoms with Gasteiger partial charge < -0.3 is 16.0 Å². The van der Waals surface area contributed by atoms with Gasteiger partial charge in [-0.25, -0.2) is 0 Å². The van der Waals surface area contributed by atoms with E-state index in [2.05, 4.69) is 45.7 Å². The Hall–Kier alpha value is -2.91. The summed E-state index contributed by atoms with van der Waals surface area (Å²) in [6.45, 7) is 15.7. The number of aliphatic imine (C=N–C) groups is 1. The first-order valence-corrected chi connectivity index (χ1v) is 10.3. The third-order valence-corrected chi connectivity index (χ3v) is 4.27. The van der Waals surface area contributed by atoms with Crippen LogP contribution in [0.5, 0.6) is 0 Å². The molecular formula is C22H33BN6O2. The molecule has 1 amide bonds. The molecule has 0 atom stereocenters. The Morgan fingerprint density at radius 3 is 2.35 bits per heavy atom. The number of nitrogens with zero attached hydrogens (tertiary/aromatic N) is 2. The van der Waals surface area contributed by atoms with Crippen molar-refractivity contribution in [2.45, 2.75) is 34.1 Å². The Labute approximate surface area is 185 Å². The Morgan fingerprint density at radius 2 is 1.97 bits per heavy atom. The molecule has 8 nitrogen and oxygen atoms in total. The number of carbonyl (C=O) groups is 1. The van der Waals surface area contributed by atoms with Crippen LogP contribution in [0.2, 0.25) is 0 Å². The number of aryl methyl sites for hydroxylation is 3. The van der Waals surface area contributed by atoms with Crippen molar-refractivity contribution in [3.05, 3.63) is 52.8 Å². The van der Waals surface area contributed by atoms with E-state index in [9.17, 15) is 4.79 Å². The number of piperazine rings is 1. The van der Waals surface area contributed by atoms with Crippen LogP contribution in [-0.4, -0.2) is 56.8 Å². The van der Waals surface area contributed by atoms with Crippen LogP contribution in [0.1, 0.15) is 40.9 Å². The molecule has 9 heteroatoms. The second kappa shape index (κ2) is 15.0. The molecule has 0 unspecified atom stereocenters. The molecule has 0 radical (unpaired) electrons. The number of hydrogen-bond donors (Lipinski definition) is 4. The van der Waals surface area contributed by atoms with Crippen molar-refractivity contribution in [1.82, 2.24) is 15.8 Å². The van der Waals surface area contributed by atoms with Crippen molar-refractivity contribution in [1.29, 1.82) is 5.41 Å². The maximum atomic E-state index is 12.0. The van der Waals surface area contributed by atoms with Crippen LogP contribution in [0.4, 0.5) is 5.69 Å². The monoisotopic (exact) mass is 424 g/mol. The average molecular weight is 424 g/mol. The standard InChI is InChI=1S/C13H15BN2O2.C5H8N2.C4H10N2/c1-4-10-5-6-11(8(2)7-10)15-13(17)12-9(3)16-18-14-12;1-5(2)7-4-3-6;1-2-6-4-3-5-1/h5-7H,4H2,1-3H3,(H,15,17);3-4,6H,1H2,2H3;5-6H,1-4H2. The van der Waals surface area contributed by atoms with Gasteiger partial charge in [-0.3, -0.25) is 4.99 Å². The van der Waals surface area contributed by atoms with E-state index in [1.165, 1.54) is 18.9 Å². The van der Waals surface area contributed by atoms with Gasteiger partial charge in [0.05, 0.1) is 0 Å². The van der Waals surface area contributed by atoms with Crippen LogP contribution in [0, 0.1) is 19.3 Å². The summed E-state index contributed by atoms with van der Waals surface area (Å²) in [7, 11) is 1.36. The molecule has 166 valence electrons. The Kier molecular flexibility index (Phi) is 12.6. The van der Waals surface area contributed by atoms with E-state index >= 15 is 0 Å². The molecule has 0 saturated carbocycles. The number of carbonyl (C=O) groups excluding carboxylic acids is 1. The third kappa shape index (κ3) is 10.6. The number of anilines is 1. The Bertz CT molecular complexity index is 863. The fourth-order valence-electron chi connectivity index (χ4n) is 2.55. The summed E-state index contributed by atoms with van der Waals surface area (Å²) >= 11 is 0. The first-order valence-electron chi connectivity index (χ1n) is 10.3. The summed E-state index contributed by atoms with van der Waals surface area (Å²) in [6, 6.07) is 6.02. The second-order valence-corrected chi connectivity index (χ2v) is 6.95. The zero-order chi connectivity index (χ0) is 23.1. The zero-order valence-electron chi connectivity index (χ0n) is 18.9. The number of nitrogens with one attached hydrogen (secondary N) is 4. The van der Waals surface area contributed by atoms with Gasteiger partial charge in [-0.15, -0.1) is 0 Å². The Morgan fingerprint density at radius 1 is 1.32 bits per heavy atom. The molecule has 2 heterocycles. The molecule has 1 aromatic heterocycles. The van der Waals surface area contributed by atoms with Crippen LogP contribution >= 0.6 is 0 Å². The van der Waals surface area contributed by atoms with Crippen LogP contribution in [0.3, 0.4) is 0 Å². The topological polar surface area (TPSA) is 115 Å². The SMILES string of the molecule is C1CNCCN1.C=C(C)N=CC=N.CCc1ccc(NC(=O)c2bonc2C)c(C)c1. The average Bonchev–Trinajstić information content (AvgIpc) is 3.21. The molecule has 1 saturated heterocycles. The van der Waals surface area contributed by atoms with Crippen molar-refractivity contribution in [3.8, 4) is 0 Å². The molecule has 31 heavy (non-hydrogen) atoms. The second-order valence-electron chi connectivity index (χ2n) is 6.95. The predicted molar refractivity (Wildman–Crippen MR) is 129 cm³/mol. The molecule has 1 aliphatic rings.